The van der Waals surface area contributed by atoms with E-state index in [9.17, 15) is 9.59 Å². The summed E-state index contributed by atoms with van der Waals surface area (Å²) in [4.78, 5) is 23.9. The standard InChI is InChI=1S/C17H22N4O2S/c22-16(7-9-18-17(23)13-8-11-24-12-13)20-15-6-10-19-21(15)14-4-2-1-3-5-14/h6,8,10-12,14H,1-5,7,9H2,(H,18,23)(H,20,22). The summed E-state index contributed by atoms with van der Waals surface area (Å²) in [6.07, 6.45) is 7.90. The van der Waals surface area contributed by atoms with Gasteiger partial charge < -0.3 is 10.6 Å². The summed E-state index contributed by atoms with van der Waals surface area (Å²) in [5.41, 5.74) is 0.635. The molecule has 7 heteroatoms. The number of amides is 2. The number of anilines is 1. The quantitative estimate of drug-likeness (QED) is 0.843. The molecule has 2 aromatic heterocycles. The average molecular weight is 346 g/mol. The Hall–Kier alpha value is -2.15. The Balaban J connectivity index is 1.47. The predicted octanol–water partition coefficient (Wildman–Crippen LogP) is 3.21. The van der Waals surface area contributed by atoms with Gasteiger partial charge in [0.2, 0.25) is 5.91 Å². The molecular formula is C17H22N4O2S. The molecule has 2 heterocycles. The molecule has 2 N–H and O–H groups in total. The van der Waals surface area contributed by atoms with Crippen molar-refractivity contribution in [1.29, 1.82) is 0 Å². The van der Waals surface area contributed by atoms with E-state index in [1.165, 1.54) is 30.6 Å². The van der Waals surface area contributed by atoms with Crippen LogP contribution in [0.15, 0.2) is 29.1 Å². The lowest BCUT2D eigenvalue weighted by molar-refractivity contribution is -0.116. The first-order chi connectivity index (χ1) is 11.7. The highest BCUT2D eigenvalue weighted by molar-refractivity contribution is 7.08. The number of carbonyl (C=O) groups excluding carboxylic acids is 2. The fraction of sp³-hybridized carbons (Fsp3) is 0.471. The van der Waals surface area contributed by atoms with E-state index in [-0.39, 0.29) is 18.2 Å². The van der Waals surface area contributed by atoms with Gasteiger partial charge in [-0.3, -0.25) is 9.59 Å². The van der Waals surface area contributed by atoms with Gasteiger partial charge in [-0.05, 0) is 24.3 Å². The van der Waals surface area contributed by atoms with Gasteiger partial charge in [0.15, 0.2) is 0 Å². The molecule has 0 aromatic carbocycles. The van der Waals surface area contributed by atoms with Crippen molar-refractivity contribution >= 4 is 29.0 Å². The van der Waals surface area contributed by atoms with Crippen LogP contribution >= 0.6 is 11.3 Å². The van der Waals surface area contributed by atoms with E-state index >= 15 is 0 Å². The number of carbonyl (C=O) groups is 2. The molecule has 2 amide bonds. The monoisotopic (exact) mass is 346 g/mol. The third-order valence-corrected chi connectivity index (χ3v) is 4.96. The number of nitrogens with one attached hydrogen (secondary N) is 2. The largest absolute Gasteiger partial charge is 0.351 e. The Bertz CT molecular complexity index is 675. The summed E-state index contributed by atoms with van der Waals surface area (Å²) < 4.78 is 1.93. The number of aromatic nitrogens is 2. The van der Waals surface area contributed by atoms with Crippen LogP contribution in [-0.4, -0.2) is 28.1 Å². The Labute approximate surface area is 145 Å². The number of hydrogen-bond acceptors (Lipinski definition) is 4. The molecule has 0 unspecified atom stereocenters. The Morgan fingerprint density at radius 3 is 2.83 bits per heavy atom. The van der Waals surface area contributed by atoms with Crippen molar-refractivity contribution in [3.63, 3.8) is 0 Å². The van der Waals surface area contributed by atoms with Crippen LogP contribution in [0.4, 0.5) is 5.82 Å². The van der Waals surface area contributed by atoms with E-state index in [1.807, 2.05) is 16.1 Å². The maximum absolute atomic E-state index is 12.1. The van der Waals surface area contributed by atoms with E-state index < -0.39 is 0 Å². The molecule has 2 aromatic rings. The predicted molar refractivity (Wildman–Crippen MR) is 94.2 cm³/mol. The Morgan fingerprint density at radius 2 is 2.08 bits per heavy atom. The molecule has 1 aliphatic rings. The second kappa shape index (κ2) is 8.10. The van der Waals surface area contributed by atoms with Crippen LogP contribution in [0, 0.1) is 0 Å². The van der Waals surface area contributed by atoms with Crippen molar-refractivity contribution < 1.29 is 9.59 Å². The second-order valence-corrected chi connectivity index (χ2v) is 6.80. The highest BCUT2D eigenvalue weighted by Crippen LogP contribution is 2.29. The zero-order valence-corrected chi connectivity index (χ0v) is 14.3. The van der Waals surface area contributed by atoms with Gasteiger partial charge in [-0.2, -0.15) is 16.4 Å². The number of rotatable bonds is 6. The molecule has 1 fully saturated rings. The Morgan fingerprint density at radius 1 is 1.25 bits per heavy atom. The van der Waals surface area contributed by atoms with Crippen molar-refractivity contribution in [3.05, 3.63) is 34.7 Å². The molecule has 24 heavy (non-hydrogen) atoms. The van der Waals surface area contributed by atoms with Crippen LogP contribution in [0.1, 0.15) is 54.9 Å². The van der Waals surface area contributed by atoms with Crippen molar-refractivity contribution in [2.24, 2.45) is 0 Å². The van der Waals surface area contributed by atoms with Crippen molar-refractivity contribution in [2.45, 2.75) is 44.6 Å². The topological polar surface area (TPSA) is 76.0 Å². The lowest BCUT2D eigenvalue weighted by Gasteiger charge is -2.23. The highest BCUT2D eigenvalue weighted by atomic mass is 32.1. The smallest absolute Gasteiger partial charge is 0.252 e. The number of thiophene rings is 1. The maximum atomic E-state index is 12.1. The second-order valence-electron chi connectivity index (χ2n) is 6.02. The third-order valence-electron chi connectivity index (χ3n) is 4.28. The first-order valence-electron chi connectivity index (χ1n) is 8.38. The lowest BCUT2D eigenvalue weighted by atomic mass is 9.96. The minimum atomic E-state index is -0.142. The number of nitrogens with zero attached hydrogens (tertiary/aromatic N) is 2. The summed E-state index contributed by atoms with van der Waals surface area (Å²) in [5, 5.41) is 13.7. The van der Waals surface area contributed by atoms with Crippen molar-refractivity contribution in [1.82, 2.24) is 15.1 Å². The molecular weight excluding hydrogens is 324 g/mol. The molecule has 0 atom stereocenters. The van der Waals surface area contributed by atoms with E-state index in [4.69, 9.17) is 0 Å². The van der Waals surface area contributed by atoms with Crippen molar-refractivity contribution in [2.75, 3.05) is 11.9 Å². The van der Waals surface area contributed by atoms with Crippen molar-refractivity contribution in [3.8, 4) is 0 Å². The molecule has 0 bridgehead atoms. The van der Waals surface area contributed by atoms with Gasteiger partial charge in [-0.1, -0.05) is 19.3 Å². The van der Waals surface area contributed by atoms with E-state index in [0.717, 1.165) is 18.7 Å². The lowest BCUT2D eigenvalue weighted by Crippen LogP contribution is -2.28. The van der Waals surface area contributed by atoms with Gasteiger partial charge in [0.1, 0.15) is 5.82 Å². The fourth-order valence-electron chi connectivity index (χ4n) is 3.02. The van der Waals surface area contributed by atoms with Gasteiger partial charge in [-0.25, -0.2) is 4.68 Å². The molecule has 6 nitrogen and oxygen atoms in total. The summed E-state index contributed by atoms with van der Waals surface area (Å²) in [5.74, 6) is 0.491. The first kappa shape index (κ1) is 16.7. The minimum absolute atomic E-state index is 0.113. The molecule has 0 spiro atoms. The SMILES string of the molecule is O=C(CCNC(=O)c1ccsc1)Nc1ccnn1C1CCCCC1. The molecule has 1 aliphatic carbocycles. The van der Waals surface area contributed by atoms with Gasteiger partial charge in [-0.15, -0.1) is 0 Å². The van der Waals surface area contributed by atoms with Crippen LogP contribution in [0.3, 0.4) is 0 Å². The maximum Gasteiger partial charge on any atom is 0.252 e. The van der Waals surface area contributed by atoms with Gasteiger partial charge in [0.25, 0.3) is 5.91 Å². The molecule has 0 radical (unpaired) electrons. The minimum Gasteiger partial charge on any atom is -0.351 e. The average Bonchev–Trinajstić information content (AvgIpc) is 3.27. The fourth-order valence-corrected chi connectivity index (χ4v) is 3.66. The summed E-state index contributed by atoms with van der Waals surface area (Å²) in [6.45, 7) is 0.318. The molecule has 3 rings (SSSR count). The van der Waals surface area contributed by atoms with E-state index in [2.05, 4.69) is 15.7 Å². The normalized spacial score (nSPS) is 15.2. The summed E-state index contributed by atoms with van der Waals surface area (Å²) >= 11 is 1.48. The molecule has 0 saturated heterocycles. The molecule has 128 valence electrons. The number of hydrogen-bond donors (Lipinski definition) is 2. The summed E-state index contributed by atoms with van der Waals surface area (Å²) in [7, 11) is 0. The third kappa shape index (κ3) is 4.23. The van der Waals surface area contributed by atoms with Gasteiger partial charge in [0.05, 0.1) is 12.2 Å². The van der Waals surface area contributed by atoms with Crippen LogP contribution in [0.5, 0.6) is 0 Å². The van der Waals surface area contributed by atoms with Crippen LogP contribution in [0.2, 0.25) is 0 Å². The van der Waals surface area contributed by atoms with Crippen LogP contribution in [0.25, 0.3) is 0 Å². The van der Waals surface area contributed by atoms with Crippen LogP contribution < -0.4 is 10.6 Å². The molecule has 1 saturated carbocycles. The van der Waals surface area contributed by atoms with E-state index in [0.29, 0.717) is 18.2 Å². The highest BCUT2D eigenvalue weighted by Gasteiger charge is 2.19. The zero-order chi connectivity index (χ0) is 16.8. The molecule has 0 aliphatic heterocycles. The van der Waals surface area contributed by atoms with Crippen LogP contribution in [-0.2, 0) is 4.79 Å². The first-order valence-corrected chi connectivity index (χ1v) is 9.32. The Kier molecular flexibility index (Phi) is 5.63. The summed E-state index contributed by atoms with van der Waals surface area (Å²) in [6, 6.07) is 3.97. The zero-order valence-electron chi connectivity index (χ0n) is 13.5. The van der Waals surface area contributed by atoms with Gasteiger partial charge in [0, 0.05) is 30.0 Å². The van der Waals surface area contributed by atoms with E-state index in [1.54, 1.807) is 17.6 Å². The van der Waals surface area contributed by atoms with Gasteiger partial charge >= 0.3 is 0 Å².